The molecule has 0 aliphatic carbocycles. The highest BCUT2D eigenvalue weighted by molar-refractivity contribution is 6.07. The minimum atomic E-state index is -0.903. The van der Waals surface area contributed by atoms with Crippen molar-refractivity contribution >= 4 is 17.7 Å². The van der Waals surface area contributed by atoms with Crippen molar-refractivity contribution in [3.05, 3.63) is 0 Å². The maximum atomic E-state index is 12.5. The molecule has 0 aromatic heterocycles. The molecule has 2 fully saturated rings. The fourth-order valence-electron chi connectivity index (χ4n) is 2.95. The monoisotopic (exact) mass is 297 g/mol. The lowest BCUT2D eigenvalue weighted by Crippen LogP contribution is -2.57. The predicted octanol–water partition coefficient (Wildman–Crippen LogP) is -0.593. The molecule has 0 spiro atoms. The Hall–Kier alpha value is -1.47. The number of hydrogen-bond acceptors (Lipinski definition) is 5. The van der Waals surface area contributed by atoms with Crippen LogP contribution in [-0.2, 0) is 19.1 Å². The summed E-state index contributed by atoms with van der Waals surface area (Å²) in [5.74, 6) is -0.871. The summed E-state index contributed by atoms with van der Waals surface area (Å²) < 4.78 is 5.43. The van der Waals surface area contributed by atoms with Gasteiger partial charge >= 0.3 is 0 Å². The van der Waals surface area contributed by atoms with Crippen LogP contribution < -0.4 is 10.6 Å². The van der Waals surface area contributed by atoms with E-state index in [1.165, 1.54) is 12.0 Å². The molecule has 7 nitrogen and oxygen atoms in total. The van der Waals surface area contributed by atoms with E-state index in [2.05, 4.69) is 10.6 Å². The Bertz CT molecular complexity index is 444. The van der Waals surface area contributed by atoms with Gasteiger partial charge in [-0.2, -0.15) is 0 Å². The summed E-state index contributed by atoms with van der Waals surface area (Å²) in [6.07, 6.45) is 1.14. The number of nitrogens with one attached hydrogen (secondary N) is 2. The number of hydrogen-bond donors (Lipinski definition) is 2. The number of methoxy groups -OCH3 is 1. The van der Waals surface area contributed by atoms with Crippen molar-refractivity contribution in [1.82, 2.24) is 15.5 Å². The molecule has 3 amide bonds. The van der Waals surface area contributed by atoms with E-state index in [1.807, 2.05) is 0 Å². The Kier molecular flexibility index (Phi) is 4.63. The highest BCUT2D eigenvalue weighted by Crippen LogP contribution is 2.24. The van der Waals surface area contributed by atoms with Gasteiger partial charge in [-0.15, -0.1) is 0 Å². The van der Waals surface area contributed by atoms with Crippen molar-refractivity contribution in [3.8, 4) is 0 Å². The van der Waals surface area contributed by atoms with E-state index < -0.39 is 11.6 Å². The highest BCUT2D eigenvalue weighted by Gasteiger charge is 2.45. The van der Waals surface area contributed by atoms with Gasteiger partial charge in [0.25, 0.3) is 11.8 Å². The fraction of sp³-hybridized carbons (Fsp3) is 0.786. The second-order valence-electron chi connectivity index (χ2n) is 5.87. The normalized spacial score (nSPS) is 25.5. The van der Waals surface area contributed by atoms with E-state index in [9.17, 15) is 14.4 Å². The summed E-state index contributed by atoms with van der Waals surface area (Å²) in [7, 11) is 1.51. The quantitative estimate of drug-likeness (QED) is 0.677. The standard InChI is InChI=1S/C14H23N3O4/c1-9(2)17-11(18)8-10(12(17)19)16-13(20)14(21-3)4-6-15-7-5-14/h9-10,15H,4-8H2,1-3H3,(H,16,20). The largest absolute Gasteiger partial charge is 0.368 e. The van der Waals surface area contributed by atoms with E-state index in [0.29, 0.717) is 25.9 Å². The van der Waals surface area contributed by atoms with Crippen LogP contribution >= 0.6 is 0 Å². The van der Waals surface area contributed by atoms with Gasteiger partial charge in [-0.3, -0.25) is 19.3 Å². The Morgan fingerprint density at radius 2 is 2.00 bits per heavy atom. The molecule has 2 aliphatic rings. The van der Waals surface area contributed by atoms with Gasteiger partial charge in [0, 0.05) is 13.2 Å². The number of nitrogens with zero attached hydrogens (tertiary/aromatic N) is 1. The SMILES string of the molecule is COC1(C(=O)NC2CC(=O)N(C(C)C)C2=O)CCNCC1. The second kappa shape index (κ2) is 6.11. The van der Waals surface area contributed by atoms with Gasteiger partial charge in [-0.25, -0.2) is 0 Å². The molecule has 1 unspecified atom stereocenters. The Labute approximate surface area is 124 Å². The lowest BCUT2D eigenvalue weighted by molar-refractivity contribution is -0.149. The molecule has 7 heteroatoms. The summed E-state index contributed by atoms with van der Waals surface area (Å²) in [6, 6.07) is -0.962. The topological polar surface area (TPSA) is 87.7 Å². The third-order valence-corrected chi connectivity index (χ3v) is 4.22. The molecule has 0 radical (unpaired) electrons. The number of rotatable bonds is 4. The van der Waals surface area contributed by atoms with Gasteiger partial charge in [-0.1, -0.05) is 0 Å². The number of ether oxygens (including phenoxy) is 1. The summed E-state index contributed by atoms with van der Waals surface area (Å²) in [4.78, 5) is 37.8. The third kappa shape index (κ3) is 2.94. The molecule has 21 heavy (non-hydrogen) atoms. The molecule has 2 N–H and O–H groups in total. The van der Waals surface area contributed by atoms with Crippen LogP contribution in [0.4, 0.5) is 0 Å². The van der Waals surface area contributed by atoms with Crippen molar-refractivity contribution in [3.63, 3.8) is 0 Å². The van der Waals surface area contributed by atoms with Crippen molar-refractivity contribution in [2.75, 3.05) is 20.2 Å². The number of carbonyl (C=O) groups excluding carboxylic acids is 3. The van der Waals surface area contributed by atoms with E-state index >= 15 is 0 Å². The van der Waals surface area contributed by atoms with Crippen LogP contribution in [-0.4, -0.2) is 60.5 Å². The summed E-state index contributed by atoms with van der Waals surface area (Å²) in [6.45, 7) is 4.95. The maximum absolute atomic E-state index is 12.5. The molecule has 2 rings (SSSR count). The second-order valence-corrected chi connectivity index (χ2v) is 5.87. The van der Waals surface area contributed by atoms with Crippen LogP contribution in [0, 0.1) is 0 Å². The van der Waals surface area contributed by atoms with Crippen LogP contribution in [0.2, 0.25) is 0 Å². The molecule has 0 aromatic rings. The molecular weight excluding hydrogens is 274 g/mol. The van der Waals surface area contributed by atoms with E-state index in [4.69, 9.17) is 4.74 Å². The van der Waals surface area contributed by atoms with Gasteiger partial charge < -0.3 is 15.4 Å². The minimum Gasteiger partial charge on any atom is -0.368 e. The first kappa shape index (κ1) is 15.9. The zero-order valence-electron chi connectivity index (χ0n) is 12.8. The van der Waals surface area contributed by atoms with Crippen LogP contribution in [0.1, 0.15) is 33.1 Å². The van der Waals surface area contributed by atoms with Gasteiger partial charge in [0.1, 0.15) is 11.6 Å². The van der Waals surface area contributed by atoms with Gasteiger partial charge in [0.05, 0.1) is 6.42 Å². The van der Waals surface area contributed by atoms with Crippen molar-refractivity contribution in [2.24, 2.45) is 0 Å². The molecule has 2 heterocycles. The lowest BCUT2D eigenvalue weighted by atomic mass is 9.90. The first-order chi connectivity index (χ1) is 9.91. The summed E-state index contributed by atoms with van der Waals surface area (Å²) >= 11 is 0. The average molecular weight is 297 g/mol. The van der Waals surface area contributed by atoms with Crippen LogP contribution in [0.5, 0.6) is 0 Å². The average Bonchev–Trinajstić information content (AvgIpc) is 2.74. The molecule has 0 bridgehead atoms. The molecular formula is C14H23N3O4. The number of imide groups is 1. The van der Waals surface area contributed by atoms with Gasteiger partial charge in [0.15, 0.2) is 0 Å². The van der Waals surface area contributed by atoms with Crippen molar-refractivity contribution in [1.29, 1.82) is 0 Å². The highest BCUT2D eigenvalue weighted by atomic mass is 16.5. The molecule has 1 atom stereocenters. The fourth-order valence-corrected chi connectivity index (χ4v) is 2.95. The first-order valence-corrected chi connectivity index (χ1v) is 7.34. The molecule has 2 saturated heterocycles. The molecule has 0 saturated carbocycles. The zero-order chi connectivity index (χ0) is 15.6. The maximum Gasteiger partial charge on any atom is 0.253 e. The predicted molar refractivity (Wildman–Crippen MR) is 75.4 cm³/mol. The molecule has 2 aliphatic heterocycles. The number of piperidine rings is 1. The lowest BCUT2D eigenvalue weighted by Gasteiger charge is -2.35. The van der Waals surface area contributed by atoms with E-state index in [1.54, 1.807) is 13.8 Å². The van der Waals surface area contributed by atoms with E-state index in [0.717, 1.165) is 0 Å². The van der Waals surface area contributed by atoms with Crippen LogP contribution in [0.15, 0.2) is 0 Å². The minimum absolute atomic E-state index is 0.0286. The Morgan fingerprint density at radius 3 is 2.48 bits per heavy atom. The van der Waals surface area contributed by atoms with Crippen LogP contribution in [0.3, 0.4) is 0 Å². The smallest absolute Gasteiger partial charge is 0.253 e. The number of likely N-dealkylation sites (tertiary alicyclic amines) is 1. The third-order valence-electron chi connectivity index (χ3n) is 4.22. The summed E-state index contributed by atoms with van der Waals surface area (Å²) in [5, 5.41) is 5.87. The summed E-state index contributed by atoms with van der Waals surface area (Å²) in [5.41, 5.74) is -0.903. The number of carbonyl (C=O) groups is 3. The van der Waals surface area contributed by atoms with Crippen molar-refractivity contribution in [2.45, 2.75) is 50.8 Å². The Balaban J connectivity index is 2.06. The van der Waals surface area contributed by atoms with Crippen LogP contribution in [0.25, 0.3) is 0 Å². The van der Waals surface area contributed by atoms with Gasteiger partial charge in [0.2, 0.25) is 5.91 Å². The van der Waals surface area contributed by atoms with Crippen molar-refractivity contribution < 1.29 is 19.1 Å². The molecule has 0 aromatic carbocycles. The number of amides is 3. The first-order valence-electron chi connectivity index (χ1n) is 7.34. The Morgan fingerprint density at radius 1 is 1.38 bits per heavy atom. The zero-order valence-corrected chi connectivity index (χ0v) is 12.8. The van der Waals surface area contributed by atoms with E-state index in [-0.39, 0.29) is 30.2 Å². The van der Waals surface area contributed by atoms with Gasteiger partial charge in [-0.05, 0) is 39.8 Å². The molecule has 118 valence electrons.